The van der Waals surface area contributed by atoms with Gasteiger partial charge < -0.3 is 19.8 Å². The molecular weight excluding hydrogens is 451 g/mol. The summed E-state index contributed by atoms with van der Waals surface area (Å²) in [5.41, 5.74) is 1.73. The minimum atomic E-state index is -4.98. The average molecular weight is 486 g/mol. The Morgan fingerprint density at radius 3 is 2.35 bits per heavy atom. The molecule has 1 unspecified atom stereocenters. The van der Waals surface area contributed by atoms with Crippen LogP contribution in [-0.4, -0.2) is 45.8 Å². The van der Waals surface area contributed by atoms with Gasteiger partial charge in [-0.05, 0) is 73.1 Å². The summed E-state index contributed by atoms with van der Waals surface area (Å²) >= 11 is 0. The number of nitrogens with zero attached hydrogens (tertiary/aromatic N) is 1. The molecule has 0 bridgehead atoms. The molecule has 1 aromatic carbocycles. The molecule has 2 N–H and O–H groups in total. The van der Waals surface area contributed by atoms with Gasteiger partial charge in [-0.3, -0.25) is 4.79 Å². The predicted molar refractivity (Wildman–Crippen MR) is 119 cm³/mol. The van der Waals surface area contributed by atoms with Crippen molar-refractivity contribution >= 4 is 11.9 Å². The van der Waals surface area contributed by atoms with Crippen LogP contribution in [0.5, 0.6) is 5.75 Å². The molecule has 190 valence electrons. The van der Waals surface area contributed by atoms with Crippen molar-refractivity contribution in [1.82, 2.24) is 4.90 Å². The molecule has 3 rings (SSSR count). The number of ether oxygens (including phenoxy) is 1. The maximum atomic E-state index is 13.0. The number of aromatic hydroxyl groups is 1. The maximum Gasteiger partial charge on any atom is 0.471 e. The summed E-state index contributed by atoms with van der Waals surface area (Å²) in [6.07, 6.45) is -4.21. The van der Waals surface area contributed by atoms with Crippen LogP contribution in [0.4, 0.5) is 13.2 Å². The van der Waals surface area contributed by atoms with Gasteiger partial charge in [-0.1, -0.05) is 27.2 Å². The number of aliphatic hydroxyl groups is 1. The van der Waals surface area contributed by atoms with Gasteiger partial charge in [0.15, 0.2) is 6.10 Å². The molecule has 2 aliphatic rings. The van der Waals surface area contributed by atoms with E-state index in [0.29, 0.717) is 39.8 Å². The molecule has 1 heterocycles. The van der Waals surface area contributed by atoms with Crippen molar-refractivity contribution in [2.75, 3.05) is 6.54 Å². The monoisotopic (exact) mass is 485 g/mol. The molecule has 1 saturated carbocycles. The van der Waals surface area contributed by atoms with E-state index in [1.54, 1.807) is 6.92 Å². The summed E-state index contributed by atoms with van der Waals surface area (Å²) in [6, 6.07) is 0. The predicted octanol–water partition coefficient (Wildman–Crippen LogP) is 4.49. The molecule has 1 amide bonds. The molecular formula is C25H34F3NO5. The van der Waals surface area contributed by atoms with E-state index in [0.717, 1.165) is 12.8 Å². The number of rotatable bonds is 4. The van der Waals surface area contributed by atoms with Crippen LogP contribution in [0.3, 0.4) is 0 Å². The Bertz CT molecular complexity index is 959. The Morgan fingerprint density at radius 1 is 1.12 bits per heavy atom. The number of hydrogen-bond acceptors (Lipinski definition) is 5. The van der Waals surface area contributed by atoms with Crippen LogP contribution in [0.1, 0.15) is 74.0 Å². The summed E-state index contributed by atoms with van der Waals surface area (Å²) in [5.74, 6) is -2.24. The molecule has 1 aromatic rings. The standard InChI is InChI=1S/C25H34F3NO5/c1-12(2)16-7-6-13(3)10-19(16)34-23(32)22(31)20-14(4)17-8-9-29(24(33)25(26,27)28)11-18(17)15(5)21(20)30/h12-13,16,19,22,30-31H,6-11H2,1-5H3/t13-,16+,19-,22?/m1/s1. The molecule has 1 aliphatic carbocycles. The van der Waals surface area contributed by atoms with Crippen LogP contribution in [0.2, 0.25) is 0 Å². The first-order chi connectivity index (χ1) is 15.7. The van der Waals surface area contributed by atoms with Crippen LogP contribution in [0.25, 0.3) is 0 Å². The second-order valence-corrected chi connectivity index (χ2v) is 10.1. The fourth-order valence-electron chi connectivity index (χ4n) is 5.48. The van der Waals surface area contributed by atoms with Crippen LogP contribution < -0.4 is 0 Å². The summed E-state index contributed by atoms with van der Waals surface area (Å²) in [7, 11) is 0. The number of carbonyl (C=O) groups excluding carboxylic acids is 2. The SMILES string of the molecule is Cc1c(O)c(C(O)C(=O)O[C@@H]2C[C@H](C)CC[C@H]2C(C)C)c(C)c2c1CN(C(=O)C(F)(F)F)CC2. The average Bonchev–Trinajstić information content (AvgIpc) is 2.75. The van der Waals surface area contributed by atoms with Crippen LogP contribution in [-0.2, 0) is 27.3 Å². The minimum Gasteiger partial charge on any atom is -0.507 e. The zero-order chi connectivity index (χ0) is 25.5. The summed E-state index contributed by atoms with van der Waals surface area (Å²) in [6.45, 7) is 8.93. The number of aliphatic hydroxyl groups excluding tert-OH is 1. The lowest BCUT2D eigenvalue weighted by molar-refractivity contribution is -0.186. The highest BCUT2D eigenvalue weighted by molar-refractivity contribution is 5.83. The normalized spacial score (nSPS) is 24.1. The van der Waals surface area contributed by atoms with Crippen molar-refractivity contribution in [2.45, 2.75) is 85.2 Å². The molecule has 4 atom stereocenters. The molecule has 0 radical (unpaired) electrons. The van der Waals surface area contributed by atoms with Crippen LogP contribution in [0, 0.1) is 31.6 Å². The number of amides is 1. The van der Waals surface area contributed by atoms with E-state index in [9.17, 15) is 33.0 Å². The molecule has 0 spiro atoms. The Balaban J connectivity index is 1.87. The van der Waals surface area contributed by atoms with Gasteiger partial charge in [-0.25, -0.2) is 4.79 Å². The second-order valence-electron chi connectivity index (χ2n) is 10.1. The smallest absolute Gasteiger partial charge is 0.471 e. The lowest BCUT2D eigenvalue weighted by Crippen LogP contribution is -2.44. The number of halogens is 3. The zero-order valence-corrected chi connectivity index (χ0v) is 20.3. The van der Waals surface area contributed by atoms with Gasteiger partial charge in [-0.15, -0.1) is 0 Å². The number of fused-ring (bicyclic) bond motifs is 1. The van der Waals surface area contributed by atoms with Gasteiger partial charge in [0.2, 0.25) is 0 Å². The van der Waals surface area contributed by atoms with Crippen molar-refractivity contribution in [2.24, 2.45) is 17.8 Å². The zero-order valence-electron chi connectivity index (χ0n) is 20.3. The van der Waals surface area contributed by atoms with E-state index in [1.165, 1.54) is 6.92 Å². The van der Waals surface area contributed by atoms with Gasteiger partial charge in [-0.2, -0.15) is 13.2 Å². The molecule has 1 aliphatic heterocycles. The number of carbonyl (C=O) groups is 2. The lowest BCUT2D eigenvalue weighted by Gasteiger charge is -2.37. The van der Waals surface area contributed by atoms with Gasteiger partial charge in [0.05, 0.1) is 0 Å². The number of phenols is 1. The summed E-state index contributed by atoms with van der Waals surface area (Å²) in [4.78, 5) is 25.4. The van der Waals surface area contributed by atoms with E-state index in [4.69, 9.17) is 4.74 Å². The first-order valence-corrected chi connectivity index (χ1v) is 11.8. The topological polar surface area (TPSA) is 87.1 Å². The summed E-state index contributed by atoms with van der Waals surface area (Å²) in [5, 5.41) is 21.7. The Kier molecular flexibility index (Phi) is 7.55. The number of benzene rings is 1. The Morgan fingerprint density at radius 2 is 1.76 bits per heavy atom. The van der Waals surface area contributed by atoms with Crippen molar-refractivity contribution < 1.29 is 37.7 Å². The third-order valence-electron chi connectivity index (χ3n) is 7.52. The highest BCUT2D eigenvalue weighted by Crippen LogP contribution is 2.41. The number of hydrogen-bond donors (Lipinski definition) is 2. The Hall–Kier alpha value is -2.29. The molecule has 34 heavy (non-hydrogen) atoms. The van der Waals surface area contributed by atoms with Crippen molar-refractivity contribution in [3.05, 3.63) is 27.8 Å². The quantitative estimate of drug-likeness (QED) is 0.614. The largest absolute Gasteiger partial charge is 0.507 e. The van der Waals surface area contributed by atoms with Crippen molar-refractivity contribution in [3.63, 3.8) is 0 Å². The first kappa shape index (κ1) is 26.3. The summed E-state index contributed by atoms with van der Waals surface area (Å²) < 4.78 is 44.4. The Labute approximate surface area is 198 Å². The maximum absolute atomic E-state index is 13.0. The number of alkyl halides is 3. The van der Waals surface area contributed by atoms with Crippen LogP contribution in [0.15, 0.2) is 0 Å². The third-order valence-corrected chi connectivity index (χ3v) is 7.52. The number of esters is 1. The van der Waals surface area contributed by atoms with E-state index in [2.05, 4.69) is 20.8 Å². The van der Waals surface area contributed by atoms with E-state index >= 15 is 0 Å². The van der Waals surface area contributed by atoms with Crippen molar-refractivity contribution in [1.29, 1.82) is 0 Å². The van der Waals surface area contributed by atoms with Crippen molar-refractivity contribution in [3.8, 4) is 5.75 Å². The molecule has 9 heteroatoms. The molecule has 0 saturated heterocycles. The highest BCUT2D eigenvalue weighted by atomic mass is 19.4. The molecule has 0 aromatic heterocycles. The minimum absolute atomic E-state index is 0.0156. The van der Waals surface area contributed by atoms with E-state index in [1.807, 2.05) is 0 Å². The lowest BCUT2D eigenvalue weighted by atomic mass is 9.75. The molecule has 6 nitrogen and oxygen atoms in total. The highest BCUT2D eigenvalue weighted by Gasteiger charge is 2.44. The number of phenolic OH excluding ortho intramolecular Hbond substituents is 1. The van der Waals surface area contributed by atoms with Gasteiger partial charge in [0, 0.05) is 18.7 Å². The second kappa shape index (κ2) is 9.76. The van der Waals surface area contributed by atoms with Gasteiger partial charge >= 0.3 is 18.1 Å². The molecule has 1 fully saturated rings. The van der Waals surface area contributed by atoms with Gasteiger partial charge in [0.25, 0.3) is 0 Å². The first-order valence-electron chi connectivity index (χ1n) is 11.8. The van der Waals surface area contributed by atoms with Gasteiger partial charge in [0.1, 0.15) is 11.9 Å². The fraction of sp³-hybridized carbons (Fsp3) is 0.680. The van der Waals surface area contributed by atoms with E-state index < -0.39 is 24.2 Å². The fourth-order valence-corrected chi connectivity index (χ4v) is 5.48. The third kappa shape index (κ3) is 5.04. The van der Waals surface area contributed by atoms with Crippen LogP contribution >= 0.6 is 0 Å². The van der Waals surface area contributed by atoms with E-state index in [-0.39, 0.29) is 48.4 Å².